The van der Waals surface area contributed by atoms with E-state index in [1.807, 2.05) is 41.3 Å². The van der Waals surface area contributed by atoms with Crippen LogP contribution in [-0.4, -0.2) is 39.2 Å². The van der Waals surface area contributed by atoms with Gasteiger partial charge in [0, 0.05) is 30.3 Å². The molecule has 0 radical (unpaired) electrons. The van der Waals surface area contributed by atoms with Crippen molar-refractivity contribution in [2.45, 2.75) is 5.37 Å². The van der Waals surface area contributed by atoms with Crippen LogP contribution >= 0.6 is 24.0 Å². The molecule has 0 amide bonds. The maximum Gasteiger partial charge on any atom is 0.176 e. The molecule has 24 heavy (non-hydrogen) atoms. The molecular formula is C17H20Cl2N2O2S. The third kappa shape index (κ3) is 3.86. The number of nitrogens with one attached hydrogen (secondary N) is 1. The number of hydrogen-bond donors (Lipinski definition) is 1. The summed E-state index contributed by atoms with van der Waals surface area (Å²) in [4.78, 5) is 1.96. The zero-order valence-electron chi connectivity index (χ0n) is 13.1. The van der Waals surface area contributed by atoms with Crippen molar-refractivity contribution in [3.63, 3.8) is 0 Å². The molecule has 0 saturated carbocycles. The van der Waals surface area contributed by atoms with Crippen LogP contribution in [-0.2, 0) is 9.84 Å². The fourth-order valence-electron chi connectivity index (χ4n) is 2.95. The van der Waals surface area contributed by atoms with E-state index in [2.05, 4.69) is 11.9 Å². The number of sulfone groups is 1. The van der Waals surface area contributed by atoms with E-state index >= 15 is 0 Å². The van der Waals surface area contributed by atoms with Crippen LogP contribution in [0.3, 0.4) is 0 Å². The molecule has 4 nitrogen and oxygen atoms in total. The van der Waals surface area contributed by atoms with Crippen LogP contribution in [0.2, 0.25) is 5.02 Å². The van der Waals surface area contributed by atoms with E-state index in [1.165, 1.54) is 6.08 Å². The average Bonchev–Trinajstić information content (AvgIpc) is 2.54. The normalized spacial score (nSPS) is 18.2. The Morgan fingerprint density at radius 3 is 2.71 bits per heavy atom. The lowest BCUT2D eigenvalue weighted by Crippen LogP contribution is -2.55. The second-order valence-electron chi connectivity index (χ2n) is 5.65. The highest BCUT2D eigenvalue weighted by molar-refractivity contribution is 7.92. The van der Waals surface area contributed by atoms with Gasteiger partial charge in [0.05, 0.1) is 5.75 Å². The molecule has 1 heterocycles. The van der Waals surface area contributed by atoms with E-state index in [9.17, 15) is 8.42 Å². The molecule has 0 spiro atoms. The van der Waals surface area contributed by atoms with E-state index in [0.717, 1.165) is 23.0 Å². The lowest BCUT2D eigenvalue weighted by molar-refractivity contribution is 0.520. The number of rotatable bonds is 4. The summed E-state index contributed by atoms with van der Waals surface area (Å²) in [7, 11) is -3.27. The van der Waals surface area contributed by atoms with Crippen molar-refractivity contribution >= 4 is 50.3 Å². The van der Waals surface area contributed by atoms with Crippen molar-refractivity contribution in [2.24, 2.45) is 0 Å². The van der Waals surface area contributed by atoms with Crippen molar-refractivity contribution in [1.29, 1.82) is 0 Å². The largest absolute Gasteiger partial charge is 0.353 e. The number of fused-ring (bicyclic) bond motifs is 1. The van der Waals surface area contributed by atoms with Gasteiger partial charge in [-0.3, -0.25) is 0 Å². The first-order valence-electron chi connectivity index (χ1n) is 7.50. The number of piperazine rings is 1. The molecule has 130 valence electrons. The van der Waals surface area contributed by atoms with Gasteiger partial charge in [0.15, 0.2) is 9.84 Å². The fraction of sp³-hybridized carbons (Fsp3) is 0.294. The minimum Gasteiger partial charge on any atom is -0.353 e. The molecule has 2 aromatic rings. The lowest BCUT2D eigenvalue weighted by Gasteiger charge is -2.37. The lowest BCUT2D eigenvalue weighted by atomic mass is 10.1. The predicted molar refractivity (Wildman–Crippen MR) is 104 cm³/mol. The van der Waals surface area contributed by atoms with Gasteiger partial charge >= 0.3 is 0 Å². The molecule has 1 unspecified atom stereocenters. The van der Waals surface area contributed by atoms with Gasteiger partial charge in [-0.25, -0.2) is 8.42 Å². The summed E-state index contributed by atoms with van der Waals surface area (Å²) < 4.78 is 25.0. The summed E-state index contributed by atoms with van der Waals surface area (Å²) in [6, 6.07) is 11.7. The van der Waals surface area contributed by atoms with Crippen molar-refractivity contribution in [1.82, 2.24) is 5.32 Å². The van der Waals surface area contributed by atoms with Gasteiger partial charge in [0.1, 0.15) is 5.37 Å². The maximum absolute atomic E-state index is 12.5. The van der Waals surface area contributed by atoms with Crippen molar-refractivity contribution in [2.75, 3.05) is 30.3 Å². The first-order valence-corrected chi connectivity index (χ1v) is 9.60. The van der Waals surface area contributed by atoms with E-state index in [4.69, 9.17) is 11.6 Å². The molecule has 1 aliphatic heterocycles. The molecule has 0 bridgehead atoms. The van der Waals surface area contributed by atoms with Gasteiger partial charge in [0.2, 0.25) is 0 Å². The number of halogens is 2. The summed E-state index contributed by atoms with van der Waals surface area (Å²) in [6.45, 7) is 5.40. The zero-order valence-corrected chi connectivity index (χ0v) is 15.5. The smallest absolute Gasteiger partial charge is 0.176 e. The van der Waals surface area contributed by atoms with Gasteiger partial charge in [-0.2, -0.15) is 0 Å². The summed E-state index contributed by atoms with van der Waals surface area (Å²) in [5, 5.41) is 5.38. The van der Waals surface area contributed by atoms with Gasteiger partial charge in [-0.1, -0.05) is 29.8 Å². The van der Waals surface area contributed by atoms with Gasteiger partial charge in [-0.05, 0) is 35.0 Å². The second kappa shape index (κ2) is 7.74. The van der Waals surface area contributed by atoms with Crippen LogP contribution in [0.15, 0.2) is 49.1 Å². The molecule has 1 saturated heterocycles. The number of anilines is 1. The van der Waals surface area contributed by atoms with E-state index in [1.54, 1.807) is 0 Å². The predicted octanol–water partition coefficient (Wildman–Crippen LogP) is 3.25. The van der Waals surface area contributed by atoms with E-state index in [-0.39, 0.29) is 18.2 Å². The standard InChI is InChI=1S/C17H19ClN2O2S.ClH/c1-2-9-23(21,22)17-12-19-7-8-20(17)16-6-4-13-10-15(18)5-3-14(13)11-16;/h2-6,10-11,17,19H,1,7-9,12H2;1H. The second-order valence-corrected chi connectivity index (χ2v) is 8.29. The minimum atomic E-state index is -3.27. The molecule has 3 rings (SSSR count). The summed E-state index contributed by atoms with van der Waals surface area (Å²) >= 11 is 6.02. The fourth-order valence-corrected chi connectivity index (χ4v) is 4.67. The third-order valence-electron chi connectivity index (χ3n) is 4.08. The third-order valence-corrected chi connectivity index (χ3v) is 6.26. The summed E-state index contributed by atoms with van der Waals surface area (Å²) in [5.41, 5.74) is 0.916. The van der Waals surface area contributed by atoms with Crippen molar-refractivity contribution in [3.8, 4) is 0 Å². The Hall–Kier alpha value is -1.27. The molecule has 1 atom stereocenters. The molecule has 1 aliphatic rings. The van der Waals surface area contributed by atoms with Crippen LogP contribution in [0.5, 0.6) is 0 Å². The van der Waals surface area contributed by atoms with Crippen molar-refractivity contribution in [3.05, 3.63) is 54.1 Å². The summed E-state index contributed by atoms with van der Waals surface area (Å²) in [5.74, 6) is -0.0148. The van der Waals surface area contributed by atoms with Crippen LogP contribution in [0.25, 0.3) is 10.8 Å². The highest BCUT2D eigenvalue weighted by Gasteiger charge is 2.32. The van der Waals surface area contributed by atoms with Crippen LogP contribution < -0.4 is 10.2 Å². The van der Waals surface area contributed by atoms with Gasteiger partial charge in [-0.15, -0.1) is 19.0 Å². The number of nitrogens with zero attached hydrogens (tertiary/aromatic N) is 1. The topological polar surface area (TPSA) is 49.4 Å². The minimum absolute atomic E-state index is 0. The van der Waals surface area contributed by atoms with E-state index < -0.39 is 15.2 Å². The Morgan fingerprint density at radius 1 is 1.25 bits per heavy atom. The van der Waals surface area contributed by atoms with Crippen LogP contribution in [0, 0.1) is 0 Å². The molecule has 0 aromatic heterocycles. The van der Waals surface area contributed by atoms with E-state index in [0.29, 0.717) is 18.1 Å². The first kappa shape index (κ1) is 19.1. The first-order chi connectivity index (χ1) is 11.0. The van der Waals surface area contributed by atoms with Gasteiger partial charge < -0.3 is 10.2 Å². The Balaban J connectivity index is 0.00000208. The van der Waals surface area contributed by atoms with Crippen LogP contribution in [0.4, 0.5) is 5.69 Å². The van der Waals surface area contributed by atoms with Gasteiger partial charge in [0.25, 0.3) is 0 Å². The Labute approximate surface area is 153 Å². The van der Waals surface area contributed by atoms with Crippen molar-refractivity contribution < 1.29 is 8.42 Å². The highest BCUT2D eigenvalue weighted by atomic mass is 35.5. The molecule has 1 N–H and O–H groups in total. The summed E-state index contributed by atoms with van der Waals surface area (Å²) in [6.07, 6.45) is 1.45. The zero-order chi connectivity index (χ0) is 16.4. The number of hydrogen-bond acceptors (Lipinski definition) is 4. The molecule has 0 aliphatic carbocycles. The Bertz CT molecular complexity index is 840. The molecular weight excluding hydrogens is 367 g/mol. The number of benzene rings is 2. The average molecular weight is 387 g/mol. The Kier molecular flexibility index (Phi) is 6.15. The molecule has 2 aromatic carbocycles. The SMILES string of the molecule is C=CCS(=O)(=O)C1CNCCN1c1ccc2cc(Cl)ccc2c1.Cl. The highest BCUT2D eigenvalue weighted by Crippen LogP contribution is 2.27. The van der Waals surface area contributed by atoms with Crippen LogP contribution in [0.1, 0.15) is 0 Å². The molecule has 7 heteroatoms. The maximum atomic E-state index is 12.5. The Morgan fingerprint density at radius 2 is 1.96 bits per heavy atom. The monoisotopic (exact) mass is 386 g/mol. The quantitative estimate of drug-likeness (QED) is 0.819. The molecule has 1 fully saturated rings.